The van der Waals surface area contributed by atoms with Crippen LogP contribution >= 0.6 is 0 Å². The van der Waals surface area contributed by atoms with Crippen LogP contribution in [-0.2, 0) is 9.31 Å². The predicted molar refractivity (Wildman–Crippen MR) is 116 cm³/mol. The molecule has 0 spiro atoms. The van der Waals surface area contributed by atoms with Crippen molar-refractivity contribution in [2.24, 2.45) is 11.7 Å². The van der Waals surface area contributed by atoms with Gasteiger partial charge in [-0.15, -0.1) is 0 Å². The maximum absolute atomic E-state index is 6.13. The normalized spacial score (nSPS) is 26.7. The Balaban J connectivity index is 1.43. The number of nitrogens with zero attached hydrogens (tertiary/aromatic N) is 4. The molecule has 3 aliphatic rings. The summed E-state index contributed by atoms with van der Waals surface area (Å²) in [6.07, 6.45) is 8.76. The summed E-state index contributed by atoms with van der Waals surface area (Å²) in [5.41, 5.74) is 5.94. The SMILES string of the molecule is CC1(C)OB(c2cnc(N(C[C@H]3CCCN(CCN)C3)C3CC3)nc2)OC1(C)C. The Labute approximate surface area is 175 Å². The Bertz CT molecular complexity index is 677. The fraction of sp³-hybridized carbons (Fsp3) is 0.810. The first-order valence-electron chi connectivity index (χ1n) is 11.2. The van der Waals surface area contributed by atoms with E-state index in [0.29, 0.717) is 12.0 Å². The second-order valence-corrected chi connectivity index (χ2v) is 9.89. The lowest BCUT2D eigenvalue weighted by atomic mass is 9.81. The molecule has 2 N–H and O–H groups in total. The Kier molecular flexibility index (Phi) is 5.90. The van der Waals surface area contributed by atoms with Crippen molar-refractivity contribution in [3.8, 4) is 0 Å². The van der Waals surface area contributed by atoms with Crippen LogP contribution in [0.2, 0.25) is 0 Å². The van der Waals surface area contributed by atoms with E-state index in [-0.39, 0.29) is 11.2 Å². The molecule has 1 aromatic rings. The molecule has 3 heterocycles. The summed E-state index contributed by atoms with van der Waals surface area (Å²) in [4.78, 5) is 14.4. The van der Waals surface area contributed by atoms with Gasteiger partial charge in [0.1, 0.15) is 0 Å². The Morgan fingerprint density at radius 1 is 1.14 bits per heavy atom. The fourth-order valence-electron chi connectivity index (χ4n) is 4.32. The highest BCUT2D eigenvalue weighted by Crippen LogP contribution is 2.36. The lowest BCUT2D eigenvalue weighted by Crippen LogP contribution is -2.44. The maximum atomic E-state index is 6.13. The van der Waals surface area contributed by atoms with Gasteiger partial charge in [-0.1, -0.05) is 0 Å². The number of piperidine rings is 1. The van der Waals surface area contributed by atoms with Crippen LogP contribution in [0.5, 0.6) is 0 Å². The number of hydrogen-bond donors (Lipinski definition) is 1. The van der Waals surface area contributed by atoms with E-state index in [4.69, 9.17) is 25.0 Å². The summed E-state index contributed by atoms with van der Waals surface area (Å²) in [5, 5.41) is 0. The van der Waals surface area contributed by atoms with Gasteiger partial charge in [-0.25, -0.2) is 9.97 Å². The molecule has 0 unspecified atom stereocenters. The molecule has 4 rings (SSSR count). The third kappa shape index (κ3) is 4.60. The van der Waals surface area contributed by atoms with Crippen LogP contribution in [0.3, 0.4) is 0 Å². The Hall–Kier alpha value is -1.22. The van der Waals surface area contributed by atoms with Crippen LogP contribution in [0.25, 0.3) is 0 Å². The molecule has 1 aliphatic carbocycles. The van der Waals surface area contributed by atoms with E-state index in [1.807, 2.05) is 12.4 Å². The van der Waals surface area contributed by atoms with Gasteiger partial charge in [0, 0.05) is 50.1 Å². The second-order valence-electron chi connectivity index (χ2n) is 9.89. The number of likely N-dealkylation sites (tertiary alicyclic amines) is 1. The molecule has 7 nitrogen and oxygen atoms in total. The summed E-state index contributed by atoms with van der Waals surface area (Å²) >= 11 is 0. The zero-order valence-electron chi connectivity index (χ0n) is 18.4. The van der Waals surface area contributed by atoms with Crippen LogP contribution < -0.4 is 16.1 Å². The highest BCUT2D eigenvalue weighted by atomic mass is 16.7. The number of hydrogen-bond acceptors (Lipinski definition) is 7. The highest BCUT2D eigenvalue weighted by Gasteiger charge is 2.52. The van der Waals surface area contributed by atoms with Gasteiger partial charge < -0.3 is 24.8 Å². The van der Waals surface area contributed by atoms with E-state index in [1.54, 1.807) is 0 Å². The molecular formula is C21H36BN5O2. The van der Waals surface area contributed by atoms with Crippen LogP contribution in [0.15, 0.2) is 12.4 Å². The third-order valence-electron chi connectivity index (χ3n) is 6.93. The molecule has 29 heavy (non-hydrogen) atoms. The van der Waals surface area contributed by atoms with Crippen molar-refractivity contribution in [3.05, 3.63) is 12.4 Å². The van der Waals surface area contributed by atoms with E-state index in [1.165, 1.54) is 32.2 Å². The zero-order chi connectivity index (χ0) is 20.6. The first-order chi connectivity index (χ1) is 13.8. The zero-order valence-corrected chi connectivity index (χ0v) is 18.4. The van der Waals surface area contributed by atoms with Gasteiger partial charge in [-0.2, -0.15) is 0 Å². The molecule has 1 aromatic heterocycles. The maximum Gasteiger partial charge on any atom is 0.498 e. The molecule has 1 saturated carbocycles. The van der Waals surface area contributed by atoms with Crippen molar-refractivity contribution < 1.29 is 9.31 Å². The predicted octanol–water partition coefficient (Wildman–Crippen LogP) is 1.42. The van der Waals surface area contributed by atoms with E-state index >= 15 is 0 Å². The molecule has 8 heteroatoms. The monoisotopic (exact) mass is 401 g/mol. The molecule has 3 fully saturated rings. The van der Waals surface area contributed by atoms with Crippen molar-refractivity contribution in [3.63, 3.8) is 0 Å². The molecule has 0 aromatic carbocycles. The van der Waals surface area contributed by atoms with Gasteiger partial charge in [0.2, 0.25) is 5.95 Å². The quantitative estimate of drug-likeness (QED) is 0.693. The molecular weight excluding hydrogens is 365 g/mol. The lowest BCUT2D eigenvalue weighted by molar-refractivity contribution is 0.00578. The van der Waals surface area contributed by atoms with Gasteiger partial charge in [0.15, 0.2) is 0 Å². The second kappa shape index (κ2) is 8.14. The van der Waals surface area contributed by atoms with Gasteiger partial charge in [0.25, 0.3) is 0 Å². The standard InChI is InChI=1S/C21H36BN5O2/c1-20(2)21(3,4)29-22(28-20)17-12-24-19(25-13-17)27(18-7-8-18)15-16-6-5-10-26(14-16)11-9-23/h12-13,16,18H,5-11,14-15,23H2,1-4H3/t16-/m0/s1. The summed E-state index contributed by atoms with van der Waals surface area (Å²) in [5.74, 6) is 1.49. The van der Waals surface area contributed by atoms with E-state index in [0.717, 1.165) is 37.6 Å². The molecule has 0 bridgehead atoms. The number of rotatable bonds is 7. The minimum absolute atomic E-state index is 0.354. The summed E-state index contributed by atoms with van der Waals surface area (Å²) < 4.78 is 12.3. The van der Waals surface area contributed by atoms with E-state index < -0.39 is 7.12 Å². The van der Waals surface area contributed by atoms with Crippen LogP contribution in [-0.4, -0.2) is 72.0 Å². The third-order valence-corrected chi connectivity index (χ3v) is 6.93. The highest BCUT2D eigenvalue weighted by molar-refractivity contribution is 6.61. The average Bonchev–Trinajstić information content (AvgIpc) is 3.48. The number of anilines is 1. The van der Waals surface area contributed by atoms with Gasteiger partial charge in [-0.3, -0.25) is 0 Å². The van der Waals surface area contributed by atoms with Crippen molar-refractivity contribution in [1.29, 1.82) is 0 Å². The van der Waals surface area contributed by atoms with Crippen LogP contribution in [0.1, 0.15) is 53.4 Å². The minimum Gasteiger partial charge on any atom is -0.399 e. The summed E-state index contributed by atoms with van der Waals surface area (Å²) in [6.45, 7) is 13.3. The Morgan fingerprint density at radius 2 is 1.79 bits per heavy atom. The fourth-order valence-corrected chi connectivity index (χ4v) is 4.32. The summed E-state index contributed by atoms with van der Waals surface area (Å²) in [6, 6.07) is 0.586. The van der Waals surface area contributed by atoms with Crippen molar-refractivity contribution in [1.82, 2.24) is 14.9 Å². The lowest BCUT2D eigenvalue weighted by Gasteiger charge is -2.35. The van der Waals surface area contributed by atoms with E-state index in [2.05, 4.69) is 37.5 Å². The van der Waals surface area contributed by atoms with E-state index in [9.17, 15) is 0 Å². The first kappa shape index (κ1) is 21.0. The first-order valence-corrected chi connectivity index (χ1v) is 11.2. The smallest absolute Gasteiger partial charge is 0.399 e. The Morgan fingerprint density at radius 3 is 2.38 bits per heavy atom. The van der Waals surface area contributed by atoms with Gasteiger partial charge in [-0.05, 0) is 65.8 Å². The van der Waals surface area contributed by atoms with Gasteiger partial charge in [0.05, 0.1) is 11.2 Å². The van der Waals surface area contributed by atoms with Crippen LogP contribution in [0, 0.1) is 5.92 Å². The van der Waals surface area contributed by atoms with Crippen LogP contribution in [0.4, 0.5) is 5.95 Å². The largest absolute Gasteiger partial charge is 0.498 e. The molecule has 160 valence electrons. The van der Waals surface area contributed by atoms with Crippen molar-refractivity contribution in [2.75, 3.05) is 37.6 Å². The number of aromatic nitrogens is 2. The summed E-state index contributed by atoms with van der Waals surface area (Å²) in [7, 11) is -0.411. The molecule has 1 atom stereocenters. The van der Waals surface area contributed by atoms with Crippen molar-refractivity contribution >= 4 is 18.5 Å². The molecule has 0 radical (unpaired) electrons. The molecule has 2 saturated heterocycles. The molecule has 2 aliphatic heterocycles. The molecule has 0 amide bonds. The van der Waals surface area contributed by atoms with Gasteiger partial charge >= 0.3 is 7.12 Å². The topological polar surface area (TPSA) is 76.7 Å². The minimum atomic E-state index is -0.411. The number of nitrogens with two attached hydrogens (primary N) is 1. The average molecular weight is 401 g/mol. The van der Waals surface area contributed by atoms with Crippen molar-refractivity contribution in [2.45, 2.75) is 70.6 Å².